The van der Waals surface area contributed by atoms with Gasteiger partial charge < -0.3 is 0 Å². The third-order valence-electron chi connectivity index (χ3n) is 1.80. The molecule has 0 amide bonds. The van der Waals surface area contributed by atoms with Gasteiger partial charge in [0.1, 0.15) is 0 Å². The zero-order valence-corrected chi connectivity index (χ0v) is 5.75. The predicted molar refractivity (Wildman–Crippen MR) is 37.0 cm³/mol. The van der Waals surface area contributed by atoms with Gasteiger partial charge >= 0.3 is 0 Å². The molecule has 46 valence electrons. The van der Waals surface area contributed by atoms with Gasteiger partial charge in [-0.2, -0.15) is 0 Å². The molecule has 0 nitrogen and oxygen atoms in total. The largest absolute Gasteiger partial charge is 0.0895 e. The van der Waals surface area contributed by atoms with E-state index in [2.05, 4.69) is 6.58 Å². The summed E-state index contributed by atoms with van der Waals surface area (Å²) in [4.78, 5) is 0. The van der Waals surface area contributed by atoms with E-state index >= 15 is 0 Å². The standard InChI is InChI=1S/C7H11Cl/c1-6(8)7-4-2-3-5-7/h7H,1-5H2. The SMILES string of the molecule is C=C(Cl)C1CCCC1. The number of hydrogen-bond donors (Lipinski definition) is 0. The van der Waals surface area contributed by atoms with Crippen LogP contribution in [0.25, 0.3) is 0 Å². The molecule has 1 aliphatic carbocycles. The van der Waals surface area contributed by atoms with Gasteiger partial charge in [0.15, 0.2) is 0 Å². The maximum absolute atomic E-state index is 5.69. The van der Waals surface area contributed by atoms with Crippen LogP contribution < -0.4 is 0 Å². The number of halogens is 1. The van der Waals surface area contributed by atoms with E-state index < -0.39 is 0 Å². The maximum Gasteiger partial charge on any atom is 0.0140 e. The van der Waals surface area contributed by atoms with E-state index in [1.54, 1.807) is 0 Å². The second kappa shape index (κ2) is 2.54. The molecule has 0 saturated heterocycles. The topological polar surface area (TPSA) is 0 Å². The van der Waals surface area contributed by atoms with Gasteiger partial charge in [-0.25, -0.2) is 0 Å². The van der Waals surface area contributed by atoms with Crippen LogP contribution in [0.4, 0.5) is 0 Å². The van der Waals surface area contributed by atoms with Gasteiger partial charge in [-0.05, 0) is 18.8 Å². The lowest BCUT2D eigenvalue weighted by atomic mass is 10.1. The molecule has 1 saturated carbocycles. The van der Waals surface area contributed by atoms with E-state index in [1.807, 2.05) is 0 Å². The second-order valence-electron chi connectivity index (χ2n) is 2.43. The molecular weight excluding hydrogens is 120 g/mol. The van der Waals surface area contributed by atoms with Crippen molar-refractivity contribution < 1.29 is 0 Å². The van der Waals surface area contributed by atoms with Crippen molar-refractivity contribution in [2.45, 2.75) is 25.7 Å². The Balaban J connectivity index is 2.35. The zero-order chi connectivity index (χ0) is 5.98. The van der Waals surface area contributed by atoms with E-state index in [4.69, 9.17) is 11.6 Å². The van der Waals surface area contributed by atoms with Crippen molar-refractivity contribution in [1.29, 1.82) is 0 Å². The smallest absolute Gasteiger partial charge is 0.0140 e. The fourth-order valence-corrected chi connectivity index (χ4v) is 1.46. The highest BCUT2D eigenvalue weighted by Gasteiger charge is 2.15. The van der Waals surface area contributed by atoms with Crippen molar-refractivity contribution in [2.24, 2.45) is 5.92 Å². The summed E-state index contributed by atoms with van der Waals surface area (Å²) in [5.74, 6) is 0.636. The molecule has 1 aliphatic rings. The van der Waals surface area contributed by atoms with Crippen molar-refractivity contribution >= 4 is 11.6 Å². The van der Waals surface area contributed by atoms with Crippen LogP contribution in [0.5, 0.6) is 0 Å². The Bertz CT molecular complexity index is 90.6. The summed E-state index contributed by atoms with van der Waals surface area (Å²) in [6, 6.07) is 0. The van der Waals surface area contributed by atoms with E-state index in [9.17, 15) is 0 Å². The fourth-order valence-electron chi connectivity index (χ4n) is 1.24. The lowest BCUT2D eigenvalue weighted by Crippen LogP contribution is -1.89. The average Bonchev–Trinajstić information content (AvgIpc) is 2.12. The third kappa shape index (κ3) is 1.25. The molecule has 1 fully saturated rings. The Morgan fingerprint density at radius 1 is 1.38 bits per heavy atom. The summed E-state index contributed by atoms with van der Waals surface area (Å²) in [6.45, 7) is 3.70. The molecule has 0 unspecified atom stereocenters. The first kappa shape index (κ1) is 6.15. The Kier molecular flexibility index (Phi) is 1.95. The minimum Gasteiger partial charge on any atom is -0.0895 e. The quantitative estimate of drug-likeness (QED) is 0.512. The number of allylic oxidation sites excluding steroid dienone is 1. The van der Waals surface area contributed by atoms with Gasteiger partial charge in [0.05, 0.1) is 0 Å². The molecule has 1 rings (SSSR count). The van der Waals surface area contributed by atoms with Crippen molar-refractivity contribution in [3.8, 4) is 0 Å². The minimum atomic E-state index is 0.636. The van der Waals surface area contributed by atoms with Gasteiger partial charge in [0.2, 0.25) is 0 Å². The Morgan fingerprint density at radius 3 is 2.12 bits per heavy atom. The summed E-state index contributed by atoms with van der Waals surface area (Å²) in [7, 11) is 0. The van der Waals surface area contributed by atoms with Crippen LogP contribution in [0.1, 0.15) is 25.7 Å². The Hall–Kier alpha value is 0.0300. The highest BCUT2D eigenvalue weighted by molar-refractivity contribution is 6.29. The first-order valence-corrected chi connectivity index (χ1v) is 3.53. The lowest BCUT2D eigenvalue weighted by Gasteiger charge is -2.02. The number of rotatable bonds is 1. The summed E-state index contributed by atoms with van der Waals surface area (Å²) in [5, 5.41) is 0.863. The first-order chi connectivity index (χ1) is 3.80. The monoisotopic (exact) mass is 130 g/mol. The highest BCUT2D eigenvalue weighted by Crippen LogP contribution is 2.31. The Labute approximate surface area is 55.5 Å². The molecule has 0 bridgehead atoms. The van der Waals surface area contributed by atoms with Crippen LogP contribution >= 0.6 is 11.6 Å². The molecule has 0 aliphatic heterocycles. The summed E-state index contributed by atoms with van der Waals surface area (Å²) in [6.07, 6.45) is 5.22. The van der Waals surface area contributed by atoms with Crippen LogP contribution in [-0.2, 0) is 0 Å². The van der Waals surface area contributed by atoms with Crippen molar-refractivity contribution in [3.05, 3.63) is 11.6 Å². The lowest BCUT2D eigenvalue weighted by molar-refractivity contribution is 0.674. The van der Waals surface area contributed by atoms with Crippen LogP contribution in [-0.4, -0.2) is 0 Å². The molecule has 0 aromatic carbocycles. The molecule has 0 atom stereocenters. The highest BCUT2D eigenvalue weighted by atomic mass is 35.5. The van der Waals surface area contributed by atoms with E-state index in [-0.39, 0.29) is 0 Å². The van der Waals surface area contributed by atoms with Crippen LogP contribution in [0, 0.1) is 5.92 Å². The molecule has 0 N–H and O–H groups in total. The summed E-state index contributed by atoms with van der Waals surface area (Å²) in [5.41, 5.74) is 0. The van der Waals surface area contributed by atoms with E-state index in [0.717, 1.165) is 5.03 Å². The Morgan fingerprint density at radius 2 is 1.88 bits per heavy atom. The van der Waals surface area contributed by atoms with E-state index in [0.29, 0.717) is 5.92 Å². The molecular formula is C7H11Cl. The van der Waals surface area contributed by atoms with Crippen LogP contribution in [0.15, 0.2) is 11.6 Å². The minimum absolute atomic E-state index is 0.636. The zero-order valence-electron chi connectivity index (χ0n) is 4.99. The summed E-state index contributed by atoms with van der Waals surface area (Å²) < 4.78 is 0. The van der Waals surface area contributed by atoms with Crippen molar-refractivity contribution in [3.63, 3.8) is 0 Å². The maximum atomic E-state index is 5.69. The van der Waals surface area contributed by atoms with Gasteiger partial charge in [0, 0.05) is 5.03 Å². The number of hydrogen-bond acceptors (Lipinski definition) is 0. The van der Waals surface area contributed by atoms with Gasteiger partial charge in [-0.3, -0.25) is 0 Å². The van der Waals surface area contributed by atoms with E-state index in [1.165, 1.54) is 25.7 Å². The molecule has 0 radical (unpaired) electrons. The van der Waals surface area contributed by atoms with Crippen molar-refractivity contribution in [1.82, 2.24) is 0 Å². The summed E-state index contributed by atoms with van der Waals surface area (Å²) >= 11 is 5.69. The fraction of sp³-hybridized carbons (Fsp3) is 0.714. The molecule has 0 aromatic heterocycles. The normalized spacial score (nSPS) is 21.6. The second-order valence-corrected chi connectivity index (χ2v) is 2.91. The van der Waals surface area contributed by atoms with Gasteiger partial charge in [0.25, 0.3) is 0 Å². The molecule has 0 spiro atoms. The van der Waals surface area contributed by atoms with Gasteiger partial charge in [-0.15, -0.1) is 0 Å². The van der Waals surface area contributed by atoms with Crippen molar-refractivity contribution in [2.75, 3.05) is 0 Å². The third-order valence-corrected chi connectivity index (χ3v) is 2.11. The van der Waals surface area contributed by atoms with Gasteiger partial charge in [-0.1, -0.05) is 31.0 Å². The molecule has 1 heteroatoms. The predicted octanol–water partition coefficient (Wildman–Crippen LogP) is 2.93. The molecule has 8 heavy (non-hydrogen) atoms. The molecule has 0 heterocycles. The first-order valence-electron chi connectivity index (χ1n) is 3.15. The van der Waals surface area contributed by atoms with Crippen LogP contribution in [0.2, 0.25) is 0 Å². The van der Waals surface area contributed by atoms with Crippen LogP contribution in [0.3, 0.4) is 0 Å². The average molecular weight is 131 g/mol. The molecule has 0 aromatic rings.